The van der Waals surface area contributed by atoms with E-state index in [2.05, 4.69) is 14.7 Å². The minimum Gasteiger partial charge on any atom is -0.497 e. The standard InChI is InChI=1S/C12H13N3O3S/c1-7-13-12(19-15-7)14-11(16)8-4-9(17-2)6-10(5-8)18-3/h4-6H,1-3H3,(H,13,14,15,16). The van der Waals surface area contributed by atoms with Gasteiger partial charge in [-0.1, -0.05) is 0 Å². The predicted octanol–water partition coefficient (Wildman–Crippen LogP) is 2.12. The number of hydrogen-bond donors (Lipinski definition) is 1. The highest BCUT2D eigenvalue weighted by Gasteiger charge is 2.12. The summed E-state index contributed by atoms with van der Waals surface area (Å²) in [7, 11) is 3.06. The summed E-state index contributed by atoms with van der Waals surface area (Å²) in [5.41, 5.74) is 0.434. The number of nitrogens with zero attached hydrogens (tertiary/aromatic N) is 2. The summed E-state index contributed by atoms with van der Waals surface area (Å²) in [6.45, 7) is 1.76. The van der Waals surface area contributed by atoms with Crippen molar-refractivity contribution in [1.29, 1.82) is 0 Å². The smallest absolute Gasteiger partial charge is 0.257 e. The van der Waals surface area contributed by atoms with Crippen LogP contribution in [0.15, 0.2) is 18.2 Å². The maximum atomic E-state index is 12.1. The van der Waals surface area contributed by atoms with Gasteiger partial charge in [-0.05, 0) is 19.1 Å². The van der Waals surface area contributed by atoms with Crippen LogP contribution in [-0.4, -0.2) is 29.5 Å². The summed E-state index contributed by atoms with van der Waals surface area (Å²) >= 11 is 1.14. The second kappa shape index (κ2) is 5.66. The van der Waals surface area contributed by atoms with Crippen LogP contribution >= 0.6 is 11.5 Å². The minimum atomic E-state index is -0.284. The maximum Gasteiger partial charge on any atom is 0.257 e. The molecule has 1 aromatic heterocycles. The molecule has 0 fully saturated rings. The number of carbonyl (C=O) groups is 1. The van der Waals surface area contributed by atoms with Gasteiger partial charge in [-0.2, -0.15) is 4.37 Å². The molecule has 0 spiro atoms. The molecule has 100 valence electrons. The summed E-state index contributed by atoms with van der Waals surface area (Å²) in [6, 6.07) is 4.96. The first kappa shape index (κ1) is 13.3. The summed E-state index contributed by atoms with van der Waals surface area (Å²) in [6.07, 6.45) is 0. The van der Waals surface area contributed by atoms with Crippen molar-refractivity contribution < 1.29 is 14.3 Å². The molecule has 0 unspecified atom stereocenters. The average Bonchev–Trinajstić information content (AvgIpc) is 2.83. The van der Waals surface area contributed by atoms with Gasteiger partial charge < -0.3 is 9.47 Å². The minimum absolute atomic E-state index is 0.284. The van der Waals surface area contributed by atoms with Crippen molar-refractivity contribution in [1.82, 2.24) is 9.36 Å². The molecule has 0 aliphatic rings. The molecule has 0 bridgehead atoms. The Labute approximate surface area is 114 Å². The van der Waals surface area contributed by atoms with Gasteiger partial charge in [-0.3, -0.25) is 10.1 Å². The molecule has 19 heavy (non-hydrogen) atoms. The van der Waals surface area contributed by atoms with Gasteiger partial charge in [-0.25, -0.2) is 4.98 Å². The second-order valence-corrected chi connectivity index (χ2v) is 4.45. The fraction of sp³-hybridized carbons (Fsp3) is 0.250. The zero-order valence-electron chi connectivity index (χ0n) is 10.8. The van der Waals surface area contributed by atoms with Gasteiger partial charge in [0.25, 0.3) is 5.91 Å². The summed E-state index contributed by atoms with van der Waals surface area (Å²) in [4.78, 5) is 16.2. The van der Waals surface area contributed by atoms with E-state index in [4.69, 9.17) is 9.47 Å². The molecule has 1 aromatic carbocycles. The van der Waals surface area contributed by atoms with Crippen LogP contribution in [0.1, 0.15) is 16.2 Å². The third kappa shape index (κ3) is 3.19. The van der Waals surface area contributed by atoms with Gasteiger partial charge in [0.15, 0.2) is 0 Å². The van der Waals surface area contributed by atoms with Gasteiger partial charge >= 0.3 is 0 Å². The monoisotopic (exact) mass is 279 g/mol. The number of ether oxygens (including phenoxy) is 2. The molecule has 1 N–H and O–H groups in total. The largest absolute Gasteiger partial charge is 0.497 e. The Bertz CT molecular complexity index is 575. The lowest BCUT2D eigenvalue weighted by Gasteiger charge is -2.07. The third-order valence-electron chi connectivity index (χ3n) is 2.36. The van der Waals surface area contributed by atoms with Crippen molar-refractivity contribution in [3.05, 3.63) is 29.6 Å². The first-order valence-corrected chi connectivity index (χ1v) is 6.24. The number of benzene rings is 1. The fourth-order valence-electron chi connectivity index (χ4n) is 1.46. The van der Waals surface area contributed by atoms with Crippen LogP contribution in [0.5, 0.6) is 11.5 Å². The average molecular weight is 279 g/mol. The van der Waals surface area contributed by atoms with Crippen LogP contribution in [0.25, 0.3) is 0 Å². The molecule has 1 amide bonds. The Kier molecular flexibility index (Phi) is 3.96. The number of anilines is 1. The number of aryl methyl sites for hydroxylation is 1. The molecule has 0 radical (unpaired) electrons. The van der Waals surface area contributed by atoms with Crippen molar-refractivity contribution in [3.63, 3.8) is 0 Å². The SMILES string of the molecule is COc1cc(OC)cc(C(=O)Nc2nc(C)ns2)c1. The van der Waals surface area contributed by atoms with E-state index in [1.807, 2.05) is 0 Å². The van der Waals surface area contributed by atoms with Crippen LogP contribution in [0.4, 0.5) is 5.13 Å². The lowest BCUT2D eigenvalue weighted by Crippen LogP contribution is -2.12. The predicted molar refractivity (Wildman–Crippen MR) is 72.1 cm³/mol. The Morgan fingerprint density at radius 1 is 1.21 bits per heavy atom. The highest BCUT2D eigenvalue weighted by molar-refractivity contribution is 7.09. The summed E-state index contributed by atoms with van der Waals surface area (Å²) in [5, 5.41) is 3.14. The number of methoxy groups -OCH3 is 2. The Hall–Kier alpha value is -2.15. The quantitative estimate of drug-likeness (QED) is 0.928. The van der Waals surface area contributed by atoms with E-state index in [1.54, 1.807) is 25.1 Å². The normalized spacial score (nSPS) is 10.1. The number of nitrogens with one attached hydrogen (secondary N) is 1. The van der Waals surface area contributed by atoms with Crippen LogP contribution in [0.2, 0.25) is 0 Å². The number of carbonyl (C=O) groups excluding carboxylic acids is 1. The molecule has 2 aromatic rings. The number of hydrogen-bond acceptors (Lipinski definition) is 6. The number of rotatable bonds is 4. The molecule has 2 rings (SSSR count). The van der Waals surface area contributed by atoms with Crippen molar-refractivity contribution in [3.8, 4) is 11.5 Å². The summed E-state index contributed by atoms with van der Waals surface area (Å²) < 4.78 is 14.2. The maximum absolute atomic E-state index is 12.1. The fourth-order valence-corrected chi connectivity index (χ4v) is 2.03. The van der Waals surface area contributed by atoms with Gasteiger partial charge in [0.05, 0.1) is 14.2 Å². The van der Waals surface area contributed by atoms with E-state index in [0.29, 0.717) is 28.0 Å². The highest BCUT2D eigenvalue weighted by Crippen LogP contribution is 2.23. The van der Waals surface area contributed by atoms with E-state index in [9.17, 15) is 4.79 Å². The number of aromatic nitrogens is 2. The van der Waals surface area contributed by atoms with E-state index < -0.39 is 0 Å². The molecular weight excluding hydrogens is 266 g/mol. The molecule has 0 saturated heterocycles. The Morgan fingerprint density at radius 3 is 2.32 bits per heavy atom. The zero-order valence-corrected chi connectivity index (χ0v) is 11.6. The van der Waals surface area contributed by atoms with Crippen LogP contribution in [0, 0.1) is 6.92 Å². The van der Waals surface area contributed by atoms with Crippen molar-refractivity contribution in [2.24, 2.45) is 0 Å². The first-order chi connectivity index (χ1) is 9.12. The summed E-state index contributed by atoms with van der Waals surface area (Å²) in [5.74, 6) is 1.45. The molecular formula is C12H13N3O3S. The highest BCUT2D eigenvalue weighted by atomic mass is 32.1. The third-order valence-corrected chi connectivity index (χ3v) is 3.08. The van der Waals surface area contributed by atoms with E-state index >= 15 is 0 Å². The van der Waals surface area contributed by atoms with Crippen LogP contribution in [-0.2, 0) is 0 Å². The van der Waals surface area contributed by atoms with E-state index in [0.717, 1.165) is 11.5 Å². The van der Waals surface area contributed by atoms with Gasteiger partial charge in [0.2, 0.25) is 5.13 Å². The lowest BCUT2D eigenvalue weighted by atomic mass is 10.2. The van der Waals surface area contributed by atoms with Gasteiger partial charge in [-0.15, -0.1) is 0 Å². The molecule has 0 aliphatic heterocycles. The topological polar surface area (TPSA) is 73.3 Å². The van der Waals surface area contributed by atoms with Crippen molar-refractivity contribution in [2.45, 2.75) is 6.92 Å². The number of amides is 1. The molecule has 0 atom stereocenters. The molecule has 0 aliphatic carbocycles. The Morgan fingerprint density at radius 2 is 1.84 bits per heavy atom. The molecule has 7 heteroatoms. The van der Waals surface area contributed by atoms with Crippen LogP contribution in [0.3, 0.4) is 0 Å². The van der Waals surface area contributed by atoms with Gasteiger partial charge in [0, 0.05) is 23.2 Å². The molecule has 6 nitrogen and oxygen atoms in total. The Balaban J connectivity index is 2.22. The zero-order chi connectivity index (χ0) is 13.8. The molecule has 0 saturated carbocycles. The van der Waals surface area contributed by atoms with Gasteiger partial charge in [0.1, 0.15) is 17.3 Å². The van der Waals surface area contributed by atoms with Crippen molar-refractivity contribution in [2.75, 3.05) is 19.5 Å². The second-order valence-electron chi connectivity index (χ2n) is 3.70. The van der Waals surface area contributed by atoms with E-state index in [-0.39, 0.29) is 5.91 Å². The molecule has 1 heterocycles. The van der Waals surface area contributed by atoms with E-state index in [1.165, 1.54) is 14.2 Å². The first-order valence-electron chi connectivity index (χ1n) is 5.47. The van der Waals surface area contributed by atoms with Crippen LogP contribution < -0.4 is 14.8 Å². The lowest BCUT2D eigenvalue weighted by molar-refractivity contribution is 0.102. The van der Waals surface area contributed by atoms with Crippen molar-refractivity contribution >= 4 is 22.6 Å².